The molecule has 0 saturated heterocycles. The van der Waals surface area contributed by atoms with Crippen molar-refractivity contribution in [3.8, 4) is 0 Å². The van der Waals surface area contributed by atoms with E-state index in [9.17, 15) is 10.2 Å². The van der Waals surface area contributed by atoms with Crippen LogP contribution < -0.4 is 0 Å². The van der Waals surface area contributed by atoms with Gasteiger partial charge in [-0.1, -0.05) is 120 Å². The van der Waals surface area contributed by atoms with Gasteiger partial charge in [-0.2, -0.15) is 0 Å². The number of rotatable bonds is 12. The number of allylic oxidation sites excluding steroid dienone is 1. The zero-order chi connectivity index (χ0) is 43.4. The van der Waals surface area contributed by atoms with E-state index in [0.717, 1.165) is 114 Å². The SMILES string of the molecule is CC[C@H](CC[C@@H](C)[C@H]1CC[C@H]2[C@@H]3CC=C4C[C@@H](O)CC[C@]4(C)[C@H]3CC[C@]12C)C(C)C.CC[C@H](CC[C@@H](C)[C@H]1CC[C@H]2[C@@H]3CC[C@H]4C[C@@H](O)CC[C@]4(C)[C@H]3CC[C@]12C)C(C)C. The molecule has 0 unspecified atom stereocenters. The molecule has 2 nitrogen and oxygen atoms in total. The van der Waals surface area contributed by atoms with Gasteiger partial charge in [-0.3, -0.25) is 0 Å². The zero-order valence-corrected chi connectivity index (χ0v) is 42.1. The number of aliphatic hydroxyl groups excluding tert-OH is 2. The third kappa shape index (κ3) is 8.72. The highest BCUT2D eigenvalue weighted by Gasteiger charge is 2.61. The number of hydrogen-bond acceptors (Lipinski definition) is 2. The Morgan fingerprint density at radius 3 is 1.58 bits per heavy atom. The highest BCUT2D eigenvalue weighted by molar-refractivity contribution is 5.25. The highest BCUT2D eigenvalue weighted by atomic mass is 16.3. The molecule has 8 aliphatic rings. The molecule has 7 saturated carbocycles. The average Bonchev–Trinajstić information content (AvgIpc) is 3.75. The predicted molar refractivity (Wildman–Crippen MR) is 256 cm³/mol. The van der Waals surface area contributed by atoms with Crippen LogP contribution in [-0.2, 0) is 0 Å². The van der Waals surface area contributed by atoms with Gasteiger partial charge in [0.05, 0.1) is 12.2 Å². The molecule has 0 amide bonds. The lowest BCUT2D eigenvalue weighted by Crippen LogP contribution is -2.54. The van der Waals surface area contributed by atoms with Crippen LogP contribution in [0.15, 0.2) is 11.6 Å². The molecule has 346 valence electrons. The van der Waals surface area contributed by atoms with E-state index in [0.29, 0.717) is 21.7 Å². The fourth-order valence-electron chi connectivity index (χ4n) is 19.2. The fourth-order valence-corrected chi connectivity index (χ4v) is 19.2. The summed E-state index contributed by atoms with van der Waals surface area (Å²) in [6, 6.07) is 0. The molecule has 0 bridgehead atoms. The third-order valence-electron chi connectivity index (χ3n) is 23.2. The predicted octanol–water partition coefficient (Wildman–Crippen LogP) is 16.1. The minimum Gasteiger partial charge on any atom is -0.393 e. The summed E-state index contributed by atoms with van der Waals surface area (Å²) < 4.78 is 0. The molecule has 0 aromatic heterocycles. The monoisotopic (exact) mass is 831 g/mol. The van der Waals surface area contributed by atoms with Gasteiger partial charge in [0, 0.05) is 0 Å². The Labute approximate surface area is 373 Å². The van der Waals surface area contributed by atoms with E-state index in [1.807, 2.05) is 0 Å². The van der Waals surface area contributed by atoms with E-state index in [1.165, 1.54) is 122 Å². The van der Waals surface area contributed by atoms with Crippen molar-refractivity contribution in [1.29, 1.82) is 0 Å². The summed E-state index contributed by atoms with van der Waals surface area (Å²) in [6.07, 6.45) is 33.6. The Kier molecular flexibility index (Phi) is 15.0. The van der Waals surface area contributed by atoms with Crippen LogP contribution in [0.5, 0.6) is 0 Å². The lowest BCUT2D eigenvalue weighted by Gasteiger charge is -2.61. The van der Waals surface area contributed by atoms with Gasteiger partial charge in [-0.25, -0.2) is 0 Å². The van der Waals surface area contributed by atoms with Gasteiger partial charge in [0.2, 0.25) is 0 Å². The topological polar surface area (TPSA) is 40.5 Å². The lowest BCUT2D eigenvalue weighted by molar-refractivity contribution is -0.129. The number of fused-ring (bicyclic) bond motifs is 10. The summed E-state index contributed by atoms with van der Waals surface area (Å²) in [4.78, 5) is 0. The molecule has 0 radical (unpaired) electrons. The number of aliphatic hydroxyl groups is 2. The maximum Gasteiger partial charge on any atom is 0.0577 e. The van der Waals surface area contributed by atoms with Crippen LogP contribution in [0.2, 0.25) is 0 Å². The molecule has 7 fully saturated rings. The lowest BCUT2D eigenvalue weighted by atomic mass is 9.44. The molecule has 8 rings (SSSR count). The second-order valence-electron chi connectivity index (χ2n) is 26.1. The normalized spacial score (nSPS) is 46.7. The van der Waals surface area contributed by atoms with Crippen molar-refractivity contribution >= 4 is 0 Å². The van der Waals surface area contributed by atoms with Crippen LogP contribution in [0.4, 0.5) is 0 Å². The van der Waals surface area contributed by atoms with E-state index >= 15 is 0 Å². The van der Waals surface area contributed by atoms with Crippen molar-refractivity contribution in [2.24, 2.45) is 110 Å². The largest absolute Gasteiger partial charge is 0.393 e. The maximum absolute atomic E-state index is 10.3. The van der Waals surface area contributed by atoms with Crippen LogP contribution in [-0.4, -0.2) is 22.4 Å². The van der Waals surface area contributed by atoms with Crippen molar-refractivity contribution in [3.63, 3.8) is 0 Å². The average molecular weight is 831 g/mol. The Bertz CT molecular complexity index is 1430. The van der Waals surface area contributed by atoms with E-state index in [-0.39, 0.29) is 12.2 Å². The molecule has 19 atom stereocenters. The van der Waals surface area contributed by atoms with Crippen molar-refractivity contribution in [2.75, 3.05) is 0 Å². The summed E-state index contributed by atoms with van der Waals surface area (Å²) in [5, 5.41) is 20.5. The summed E-state index contributed by atoms with van der Waals surface area (Å²) in [5.74, 6) is 13.7. The molecule has 0 aromatic carbocycles. The maximum atomic E-state index is 10.3. The Morgan fingerprint density at radius 1 is 0.533 bits per heavy atom. The van der Waals surface area contributed by atoms with Crippen molar-refractivity contribution in [3.05, 3.63) is 11.6 Å². The molecule has 0 spiro atoms. The van der Waals surface area contributed by atoms with Crippen LogP contribution in [0, 0.1) is 110 Å². The van der Waals surface area contributed by atoms with Crippen LogP contribution in [0.3, 0.4) is 0 Å². The quantitative estimate of drug-likeness (QED) is 0.192. The second-order valence-corrected chi connectivity index (χ2v) is 26.1. The molecule has 60 heavy (non-hydrogen) atoms. The van der Waals surface area contributed by atoms with Crippen LogP contribution >= 0.6 is 0 Å². The smallest absolute Gasteiger partial charge is 0.0577 e. The summed E-state index contributed by atoms with van der Waals surface area (Å²) in [5.41, 5.74) is 3.72. The fraction of sp³-hybridized carbons (Fsp3) is 0.966. The van der Waals surface area contributed by atoms with Gasteiger partial charge in [0.1, 0.15) is 0 Å². The molecular weight excluding hydrogens is 729 g/mol. The van der Waals surface area contributed by atoms with E-state index in [2.05, 4.69) is 89.2 Å². The van der Waals surface area contributed by atoms with Gasteiger partial charge in [0.15, 0.2) is 0 Å². The van der Waals surface area contributed by atoms with Crippen molar-refractivity contribution in [2.45, 2.75) is 243 Å². The first-order chi connectivity index (χ1) is 28.4. The molecule has 0 aromatic rings. The molecule has 2 N–H and O–H groups in total. The summed E-state index contributed by atoms with van der Waals surface area (Å²) >= 11 is 0. The van der Waals surface area contributed by atoms with Crippen LogP contribution in [0.1, 0.15) is 231 Å². The number of hydrogen-bond donors (Lipinski definition) is 2. The minimum absolute atomic E-state index is 0.0111. The molecule has 2 heteroatoms. The van der Waals surface area contributed by atoms with Gasteiger partial charge >= 0.3 is 0 Å². The molecule has 0 heterocycles. The second kappa shape index (κ2) is 18.9. The summed E-state index contributed by atoms with van der Waals surface area (Å²) in [6.45, 7) is 30.3. The Hall–Kier alpha value is -0.340. The standard InChI is InChI=1S/C29H52O.C29H50O/c2*1-7-21(19(2)3)9-8-20(4)25-12-13-26-24-11-10-22-18-23(30)14-16-28(22,5)27(24)15-17-29(25,26)6/h19-27,30H,7-18H2,1-6H3;10,19-21,23-27,30H,7-9,11-18H2,1-6H3/t20-,21-,22+,23+,24+,25-,26+,27+,28+,29-;20-,21-,23+,24+,25-,26+,27+,28+,29-/m11/s1. The van der Waals surface area contributed by atoms with Crippen molar-refractivity contribution < 1.29 is 10.2 Å². The third-order valence-corrected chi connectivity index (χ3v) is 23.2. The van der Waals surface area contributed by atoms with Gasteiger partial charge in [0.25, 0.3) is 0 Å². The molecule has 0 aliphatic heterocycles. The first-order valence-corrected chi connectivity index (χ1v) is 27.5. The zero-order valence-electron chi connectivity index (χ0n) is 42.1. The molecule has 8 aliphatic carbocycles. The van der Waals surface area contributed by atoms with E-state index < -0.39 is 0 Å². The Balaban J connectivity index is 0.000000181. The Morgan fingerprint density at radius 2 is 1.03 bits per heavy atom. The minimum atomic E-state index is -0.0794. The first-order valence-electron chi connectivity index (χ1n) is 27.5. The highest BCUT2D eigenvalue weighted by Crippen LogP contribution is 2.70. The van der Waals surface area contributed by atoms with Gasteiger partial charge in [-0.05, 0) is 232 Å². The summed E-state index contributed by atoms with van der Waals surface area (Å²) in [7, 11) is 0. The van der Waals surface area contributed by atoms with Crippen LogP contribution in [0.25, 0.3) is 0 Å². The van der Waals surface area contributed by atoms with Gasteiger partial charge < -0.3 is 10.2 Å². The van der Waals surface area contributed by atoms with E-state index in [4.69, 9.17) is 0 Å². The van der Waals surface area contributed by atoms with E-state index in [1.54, 1.807) is 5.57 Å². The first kappa shape index (κ1) is 47.6. The van der Waals surface area contributed by atoms with Gasteiger partial charge in [-0.15, -0.1) is 0 Å². The molecular formula is C58H102O2. The van der Waals surface area contributed by atoms with Crippen molar-refractivity contribution in [1.82, 2.24) is 0 Å².